The number of carbonyl (C=O) groups excluding carboxylic acids is 1. The molecule has 136 valence electrons. The van der Waals surface area contributed by atoms with E-state index >= 15 is 0 Å². The van der Waals surface area contributed by atoms with Crippen LogP contribution >= 0.6 is 0 Å². The maximum atomic E-state index is 13.1. The predicted molar refractivity (Wildman–Crippen MR) is 102 cm³/mol. The van der Waals surface area contributed by atoms with Crippen LogP contribution < -0.4 is 10.1 Å². The summed E-state index contributed by atoms with van der Waals surface area (Å²) in [6, 6.07) is 12.5. The molecule has 0 fully saturated rings. The summed E-state index contributed by atoms with van der Waals surface area (Å²) in [5.41, 5.74) is 3.07. The van der Waals surface area contributed by atoms with E-state index in [1.165, 1.54) is 0 Å². The largest absolute Gasteiger partial charge is 0.497 e. The molecule has 0 aliphatic rings. The van der Waals surface area contributed by atoms with Crippen molar-refractivity contribution in [2.24, 2.45) is 7.05 Å². The van der Waals surface area contributed by atoms with E-state index in [1.54, 1.807) is 49.4 Å². The molecule has 0 bridgehead atoms. The van der Waals surface area contributed by atoms with Crippen LogP contribution in [-0.2, 0) is 7.05 Å². The summed E-state index contributed by atoms with van der Waals surface area (Å²) in [5.74, 6) is 1.01. The molecule has 27 heavy (non-hydrogen) atoms. The Hall–Kier alpha value is -3.61. The molecule has 1 N–H and O–H groups in total. The summed E-state index contributed by atoms with van der Waals surface area (Å²) >= 11 is 0. The molecule has 3 aromatic heterocycles. The Kier molecular flexibility index (Phi) is 4.12. The summed E-state index contributed by atoms with van der Waals surface area (Å²) < 4.78 is 12.3. The molecule has 0 unspecified atom stereocenters. The van der Waals surface area contributed by atoms with Crippen molar-refractivity contribution in [1.82, 2.24) is 14.8 Å². The number of methoxy groups -OCH3 is 1. The van der Waals surface area contributed by atoms with Gasteiger partial charge in [-0.15, -0.1) is 0 Å². The minimum atomic E-state index is -0.250. The number of nitrogens with zero attached hydrogens (tertiary/aromatic N) is 3. The highest BCUT2D eigenvalue weighted by Gasteiger charge is 2.20. The smallest absolute Gasteiger partial charge is 0.256 e. The second-order valence-electron chi connectivity index (χ2n) is 6.13. The molecular weight excluding hydrogens is 344 g/mol. The highest BCUT2D eigenvalue weighted by atomic mass is 16.5. The lowest BCUT2D eigenvalue weighted by Crippen LogP contribution is -2.13. The number of ether oxygens (including phenoxy) is 1. The lowest BCUT2D eigenvalue weighted by atomic mass is 10.1. The van der Waals surface area contributed by atoms with E-state index in [2.05, 4.69) is 15.4 Å². The number of pyridine rings is 1. The average molecular weight is 362 g/mol. The number of hydrogen-bond acceptors (Lipinski definition) is 5. The van der Waals surface area contributed by atoms with E-state index < -0.39 is 0 Å². The Labute approximate surface area is 155 Å². The fourth-order valence-electron chi connectivity index (χ4n) is 3.07. The number of amides is 1. The van der Waals surface area contributed by atoms with Gasteiger partial charge in [0, 0.05) is 18.8 Å². The molecule has 0 saturated carbocycles. The van der Waals surface area contributed by atoms with Crippen LogP contribution in [0.2, 0.25) is 0 Å². The minimum Gasteiger partial charge on any atom is -0.497 e. The SMILES string of the molecule is COc1cccc(NC(=O)c2cc(-c3ccco3)nc3c2c(C)nn3C)c1. The zero-order valence-electron chi connectivity index (χ0n) is 15.2. The van der Waals surface area contributed by atoms with Gasteiger partial charge in [-0.1, -0.05) is 6.07 Å². The molecule has 3 heterocycles. The summed E-state index contributed by atoms with van der Waals surface area (Å²) in [7, 11) is 3.39. The van der Waals surface area contributed by atoms with Crippen LogP contribution in [0.4, 0.5) is 5.69 Å². The molecule has 0 spiro atoms. The standard InChI is InChI=1S/C20H18N4O3/c1-12-18-15(20(25)21-13-6-4-7-14(10-13)26-3)11-16(17-8-5-9-27-17)22-19(18)24(2)23-12/h4-11H,1-3H3,(H,21,25). The van der Waals surface area contributed by atoms with E-state index in [0.717, 1.165) is 5.69 Å². The van der Waals surface area contributed by atoms with E-state index in [-0.39, 0.29) is 5.91 Å². The van der Waals surface area contributed by atoms with Crippen molar-refractivity contribution in [3.8, 4) is 17.2 Å². The third-order valence-corrected chi connectivity index (χ3v) is 4.31. The molecule has 0 saturated heterocycles. The number of aryl methyl sites for hydroxylation is 2. The Morgan fingerprint density at radius 2 is 2.07 bits per heavy atom. The van der Waals surface area contributed by atoms with Gasteiger partial charge < -0.3 is 14.5 Å². The topological polar surface area (TPSA) is 82.2 Å². The van der Waals surface area contributed by atoms with Crippen molar-refractivity contribution >= 4 is 22.6 Å². The number of furan rings is 1. The number of carbonyl (C=O) groups is 1. The molecule has 4 aromatic rings. The molecule has 1 amide bonds. The van der Waals surface area contributed by atoms with Crippen LogP contribution in [0.25, 0.3) is 22.5 Å². The lowest BCUT2D eigenvalue weighted by Gasteiger charge is -2.09. The maximum absolute atomic E-state index is 13.1. The first-order valence-electron chi connectivity index (χ1n) is 8.40. The first-order chi connectivity index (χ1) is 13.1. The number of nitrogens with one attached hydrogen (secondary N) is 1. The summed E-state index contributed by atoms with van der Waals surface area (Å²) in [6.07, 6.45) is 1.58. The second-order valence-corrected chi connectivity index (χ2v) is 6.13. The van der Waals surface area contributed by atoms with Gasteiger partial charge in [-0.05, 0) is 37.3 Å². The number of anilines is 1. The van der Waals surface area contributed by atoms with Gasteiger partial charge in [-0.2, -0.15) is 5.10 Å². The van der Waals surface area contributed by atoms with E-state index in [1.807, 2.05) is 25.1 Å². The molecular formula is C20H18N4O3. The lowest BCUT2D eigenvalue weighted by molar-refractivity contribution is 0.102. The van der Waals surface area contributed by atoms with Crippen molar-refractivity contribution < 1.29 is 13.9 Å². The van der Waals surface area contributed by atoms with Crippen molar-refractivity contribution in [1.29, 1.82) is 0 Å². The third kappa shape index (κ3) is 3.03. The van der Waals surface area contributed by atoms with E-state index in [0.29, 0.717) is 39.5 Å². The Morgan fingerprint density at radius 1 is 1.22 bits per heavy atom. The van der Waals surface area contributed by atoms with Crippen molar-refractivity contribution in [2.75, 3.05) is 12.4 Å². The van der Waals surface area contributed by atoms with Crippen LogP contribution in [0.15, 0.2) is 53.1 Å². The first kappa shape index (κ1) is 16.8. The van der Waals surface area contributed by atoms with Crippen LogP contribution in [0.3, 0.4) is 0 Å². The molecule has 7 heteroatoms. The Morgan fingerprint density at radius 3 is 2.81 bits per heavy atom. The van der Waals surface area contributed by atoms with Gasteiger partial charge in [0.15, 0.2) is 11.4 Å². The van der Waals surface area contributed by atoms with E-state index in [9.17, 15) is 4.79 Å². The number of hydrogen-bond donors (Lipinski definition) is 1. The number of aromatic nitrogens is 3. The van der Waals surface area contributed by atoms with Gasteiger partial charge in [0.2, 0.25) is 0 Å². The maximum Gasteiger partial charge on any atom is 0.256 e. The average Bonchev–Trinajstić information content (AvgIpc) is 3.30. The van der Waals surface area contributed by atoms with E-state index in [4.69, 9.17) is 9.15 Å². The molecule has 0 atom stereocenters. The van der Waals surface area contributed by atoms with Gasteiger partial charge in [0.25, 0.3) is 5.91 Å². The molecule has 1 aromatic carbocycles. The monoisotopic (exact) mass is 362 g/mol. The molecule has 0 radical (unpaired) electrons. The van der Waals surface area contributed by atoms with Crippen molar-refractivity contribution in [3.05, 3.63) is 60.0 Å². The zero-order valence-corrected chi connectivity index (χ0v) is 15.2. The van der Waals surface area contributed by atoms with Crippen LogP contribution in [0.1, 0.15) is 16.1 Å². The number of rotatable bonds is 4. The summed E-state index contributed by atoms with van der Waals surface area (Å²) in [4.78, 5) is 17.7. The van der Waals surface area contributed by atoms with Crippen LogP contribution in [0.5, 0.6) is 5.75 Å². The van der Waals surface area contributed by atoms with Crippen molar-refractivity contribution in [2.45, 2.75) is 6.92 Å². The zero-order chi connectivity index (χ0) is 19.0. The van der Waals surface area contributed by atoms with Gasteiger partial charge >= 0.3 is 0 Å². The summed E-state index contributed by atoms with van der Waals surface area (Å²) in [6.45, 7) is 1.86. The third-order valence-electron chi connectivity index (χ3n) is 4.31. The number of benzene rings is 1. The Bertz CT molecular complexity index is 1130. The van der Waals surface area contributed by atoms with Gasteiger partial charge in [-0.3, -0.25) is 9.48 Å². The molecule has 7 nitrogen and oxygen atoms in total. The highest BCUT2D eigenvalue weighted by molar-refractivity contribution is 6.13. The van der Waals surface area contributed by atoms with Crippen molar-refractivity contribution in [3.63, 3.8) is 0 Å². The van der Waals surface area contributed by atoms with Gasteiger partial charge in [0.1, 0.15) is 11.4 Å². The van der Waals surface area contributed by atoms with Crippen LogP contribution in [-0.4, -0.2) is 27.8 Å². The predicted octanol–water partition coefficient (Wildman–Crippen LogP) is 3.80. The molecule has 0 aliphatic carbocycles. The number of fused-ring (bicyclic) bond motifs is 1. The fourth-order valence-corrected chi connectivity index (χ4v) is 3.07. The van der Waals surface area contributed by atoms with Gasteiger partial charge in [-0.25, -0.2) is 4.98 Å². The second kappa shape index (κ2) is 6.60. The minimum absolute atomic E-state index is 0.250. The Balaban J connectivity index is 1.82. The first-order valence-corrected chi connectivity index (χ1v) is 8.40. The normalized spacial score (nSPS) is 10.9. The molecule has 4 rings (SSSR count). The quantitative estimate of drug-likeness (QED) is 0.597. The van der Waals surface area contributed by atoms with Gasteiger partial charge in [0.05, 0.1) is 30.0 Å². The molecule has 0 aliphatic heterocycles. The summed E-state index contributed by atoms with van der Waals surface area (Å²) in [5, 5.41) is 8.05. The fraction of sp³-hybridized carbons (Fsp3) is 0.150. The highest BCUT2D eigenvalue weighted by Crippen LogP contribution is 2.28. The van der Waals surface area contributed by atoms with Crippen LogP contribution in [0, 0.1) is 6.92 Å².